The van der Waals surface area contributed by atoms with Gasteiger partial charge in [0.05, 0.1) is 21.6 Å². The number of aliphatic carboxylic acids is 1. The monoisotopic (exact) mass is 747 g/mol. The third kappa shape index (κ3) is 10.6. The van der Waals surface area contributed by atoms with E-state index in [1.165, 1.54) is 37.4 Å². The second-order valence-corrected chi connectivity index (χ2v) is 14.2. The first-order chi connectivity index (χ1) is 23.1. The Balaban J connectivity index is 0.00000676. The van der Waals surface area contributed by atoms with Crippen molar-refractivity contribution in [2.45, 2.75) is 68.4 Å². The summed E-state index contributed by atoms with van der Waals surface area (Å²) in [6.07, 6.45) is -1.52. The molecule has 0 bridgehead atoms. The summed E-state index contributed by atoms with van der Waals surface area (Å²) in [5.41, 5.74) is 1.36. The minimum Gasteiger partial charge on any atom is -0.609 e. The van der Waals surface area contributed by atoms with Crippen LogP contribution in [0.5, 0.6) is 11.5 Å². The van der Waals surface area contributed by atoms with E-state index in [4.69, 9.17) is 14.6 Å². The van der Waals surface area contributed by atoms with E-state index in [0.29, 0.717) is 25.8 Å². The number of hydrogen-bond donors (Lipinski definition) is 2. The fourth-order valence-electron chi connectivity index (χ4n) is 5.06. The fourth-order valence-corrected chi connectivity index (χ4v) is 8.53. The quantitative estimate of drug-likeness (QED) is 0.0938. The molecule has 2 aromatic heterocycles. The van der Waals surface area contributed by atoms with Crippen LogP contribution in [0.15, 0.2) is 58.7 Å². The number of carbonyl (C=O) groups is 2. The predicted octanol–water partition coefficient (Wildman–Crippen LogP) is 4.60. The molecule has 1 unspecified atom stereocenters. The smallest absolute Gasteiger partial charge is 0.422 e. The molecule has 12 nitrogen and oxygen atoms in total. The van der Waals surface area contributed by atoms with Gasteiger partial charge in [0.25, 0.3) is 15.9 Å². The van der Waals surface area contributed by atoms with Crippen molar-refractivity contribution in [1.82, 2.24) is 19.3 Å². The number of amides is 1. The van der Waals surface area contributed by atoms with Gasteiger partial charge in [0.15, 0.2) is 19.0 Å². The second kappa shape index (κ2) is 17.7. The molecule has 4 aromatic rings. The van der Waals surface area contributed by atoms with E-state index in [9.17, 15) is 35.7 Å². The molecule has 50 heavy (non-hydrogen) atoms. The average molecular weight is 748 g/mol. The molecule has 0 spiro atoms. The van der Waals surface area contributed by atoms with Crippen molar-refractivity contribution >= 4 is 73.7 Å². The van der Waals surface area contributed by atoms with Crippen LogP contribution in [-0.4, -0.2) is 99.4 Å². The van der Waals surface area contributed by atoms with Gasteiger partial charge in [-0.25, -0.2) is 8.42 Å². The molecule has 0 aliphatic carbocycles. The van der Waals surface area contributed by atoms with E-state index in [0.717, 1.165) is 3.97 Å². The van der Waals surface area contributed by atoms with Crippen molar-refractivity contribution < 1.29 is 50.3 Å². The topological polar surface area (TPSA) is 173 Å². The molecule has 4 rings (SSSR count). The van der Waals surface area contributed by atoms with Crippen LogP contribution < -0.4 is 14.8 Å². The van der Waals surface area contributed by atoms with Gasteiger partial charge < -0.3 is 24.4 Å². The van der Waals surface area contributed by atoms with Gasteiger partial charge in [0.1, 0.15) is 11.5 Å². The van der Waals surface area contributed by atoms with Crippen LogP contribution in [0.1, 0.15) is 48.1 Å². The Morgan fingerprint density at radius 3 is 2.38 bits per heavy atom. The summed E-state index contributed by atoms with van der Waals surface area (Å²) in [5, 5.41) is 11.1. The van der Waals surface area contributed by atoms with E-state index >= 15 is 0 Å². The number of hydrogen-bond acceptors (Lipinski definition) is 9. The van der Waals surface area contributed by atoms with Gasteiger partial charge in [-0.05, 0) is 75.1 Å². The Labute approximate surface area is 312 Å². The molecule has 1 atom stereocenters. The number of pyridine rings is 1. The average Bonchev–Trinajstić information content (AvgIpc) is 3.42. The maximum Gasteiger partial charge on any atom is 0.422 e. The number of imidazole rings is 1. The predicted molar refractivity (Wildman–Crippen MR) is 179 cm³/mol. The maximum atomic E-state index is 14.3. The number of alkyl halides is 3. The summed E-state index contributed by atoms with van der Waals surface area (Å²) >= 11 is -2.13. The molecule has 2 heterocycles. The zero-order valence-corrected chi connectivity index (χ0v) is 31.5. The molecular formula is C32H35F3N4NaO8S2. The van der Waals surface area contributed by atoms with Crippen molar-refractivity contribution in [2.24, 2.45) is 0 Å². The second-order valence-electron chi connectivity index (χ2n) is 11.2. The summed E-state index contributed by atoms with van der Waals surface area (Å²) < 4.78 is 92.2. The third-order valence-corrected chi connectivity index (χ3v) is 10.6. The van der Waals surface area contributed by atoms with E-state index in [-0.39, 0.29) is 103 Å². The molecule has 0 saturated heterocycles. The number of aromatic nitrogens is 3. The number of rotatable bonds is 16. The molecule has 2 N–H and O–H groups in total. The van der Waals surface area contributed by atoms with Gasteiger partial charge in [0.2, 0.25) is 0 Å². The van der Waals surface area contributed by atoms with Gasteiger partial charge >= 0.3 is 17.3 Å². The molecule has 1 radical (unpaired) electrons. The van der Waals surface area contributed by atoms with Crippen molar-refractivity contribution in [1.29, 1.82) is 0 Å². The van der Waals surface area contributed by atoms with Crippen LogP contribution >= 0.6 is 0 Å². The number of para-hydroxylation sites is 2. The summed E-state index contributed by atoms with van der Waals surface area (Å²) in [6, 6.07) is 10.5. The largest absolute Gasteiger partial charge is 0.609 e. The Bertz CT molecular complexity index is 1920. The number of benzene rings is 2. The first-order valence-electron chi connectivity index (χ1n) is 15.1. The van der Waals surface area contributed by atoms with Crippen molar-refractivity contribution in [3.8, 4) is 11.5 Å². The molecular weight excluding hydrogens is 712 g/mol. The summed E-state index contributed by atoms with van der Waals surface area (Å²) in [5.74, 6) is -1.48. The van der Waals surface area contributed by atoms with Gasteiger partial charge in [0, 0.05) is 65.5 Å². The SMILES string of the molecule is Cc1cc(OCC(=O)NCCCCCC(=O)O)cc(C)c1S(=O)(=O)n1c([S+]([O-])Cc2nccc(OCC(F)(F)F)c2C)nc2ccccc21.[Na]. The molecule has 2 aromatic carbocycles. The number of ether oxygens (including phenoxy) is 2. The number of halogens is 3. The van der Waals surface area contributed by atoms with Crippen molar-refractivity contribution in [2.75, 3.05) is 19.8 Å². The van der Waals surface area contributed by atoms with Gasteiger partial charge in [-0.2, -0.15) is 22.1 Å². The normalized spacial score (nSPS) is 12.3. The number of aryl methyl sites for hydroxylation is 2. The van der Waals surface area contributed by atoms with Crippen molar-refractivity contribution in [3.05, 3.63) is 71.0 Å². The van der Waals surface area contributed by atoms with Crippen molar-refractivity contribution in [3.63, 3.8) is 0 Å². The Kier molecular flexibility index (Phi) is 14.6. The number of carboxylic acids is 1. The molecule has 18 heteroatoms. The molecule has 0 fully saturated rings. The van der Waals surface area contributed by atoms with Gasteiger partial charge in [-0.15, -0.1) is 0 Å². The summed E-state index contributed by atoms with van der Waals surface area (Å²) in [7, 11) is -4.45. The van der Waals surface area contributed by atoms with Crippen LogP contribution in [0.4, 0.5) is 13.2 Å². The minimum absolute atomic E-state index is 0. The van der Waals surface area contributed by atoms with Crippen LogP contribution in [-0.2, 0) is 36.5 Å². The molecule has 1 amide bonds. The Hall–Kier alpha value is -3.35. The number of carbonyl (C=O) groups excluding carboxylic acids is 1. The van der Waals surface area contributed by atoms with E-state index in [1.54, 1.807) is 32.0 Å². The number of nitrogens with one attached hydrogen (secondary N) is 1. The number of fused-ring (bicyclic) bond motifs is 1. The molecule has 265 valence electrons. The number of nitrogens with zero attached hydrogens (tertiary/aromatic N) is 3. The van der Waals surface area contributed by atoms with E-state index in [2.05, 4.69) is 15.3 Å². The maximum absolute atomic E-state index is 14.3. The standard InChI is InChI=1S/C32H35F3N4O8S2.Na/c1-20-15-23(46-17-28(40)37-13-8-4-5-11-29(41)42)16-21(2)30(20)49(44,45)39-26-10-7-6-9-24(26)38-31(39)48(43)18-25-22(3)27(12-14-36-25)47-19-32(33,34)35;/h6-7,9-10,12,14-16H,4-5,8,11,13,17-19H2,1-3H3,(H,37,40)(H,41,42);. The third-order valence-electron chi connectivity index (χ3n) is 7.30. The number of unbranched alkanes of at least 4 members (excludes halogenated alkanes) is 2. The van der Waals surface area contributed by atoms with Crippen LogP contribution in [0.25, 0.3) is 11.0 Å². The zero-order chi connectivity index (χ0) is 35.9. The molecule has 0 aliphatic heterocycles. The first-order valence-corrected chi connectivity index (χ1v) is 17.8. The first kappa shape index (κ1) is 41.1. The molecule has 0 aliphatic rings. The van der Waals surface area contributed by atoms with E-state index < -0.39 is 45.9 Å². The Morgan fingerprint density at radius 2 is 1.72 bits per heavy atom. The van der Waals surface area contributed by atoms with Crippen LogP contribution in [0, 0.1) is 20.8 Å². The van der Waals surface area contributed by atoms with Gasteiger partial charge in [-0.3, -0.25) is 14.6 Å². The summed E-state index contributed by atoms with van der Waals surface area (Å²) in [6.45, 7) is 3.08. The van der Waals surface area contributed by atoms with Crippen LogP contribution in [0.3, 0.4) is 0 Å². The van der Waals surface area contributed by atoms with Gasteiger partial charge in [-0.1, -0.05) is 18.6 Å². The summed E-state index contributed by atoms with van der Waals surface area (Å²) in [4.78, 5) is 31.3. The van der Waals surface area contributed by atoms with Crippen LogP contribution in [0.2, 0.25) is 0 Å². The molecule has 0 saturated carbocycles. The number of carboxylic acid groups (broad SMARTS) is 1. The minimum atomic E-state index is -4.57. The fraction of sp³-hybridized carbons (Fsp3) is 0.375. The zero-order valence-electron chi connectivity index (χ0n) is 27.9. The Morgan fingerprint density at radius 1 is 1.04 bits per heavy atom. The van der Waals surface area contributed by atoms with E-state index in [1.807, 2.05) is 0 Å².